The van der Waals surface area contributed by atoms with Gasteiger partial charge in [0.25, 0.3) is 0 Å². The maximum absolute atomic E-state index is 4.50. The lowest BCUT2D eigenvalue weighted by molar-refractivity contribution is 0.514. The average Bonchev–Trinajstić information content (AvgIpc) is 2.73. The molecule has 0 aliphatic heterocycles. The molecule has 78 valence electrons. The van der Waals surface area contributed by atoms with Gasteiger partial charge in [0.2, 0.25) is 0 Å². The van der Waals surface area contributed by atoms with E-state index >= 15 is 0 Å². The van der Waals surface area contributed by atoms with Crippen molar-refractivity contribution in [3.05, 3.63) is 18.2 Å². The number of rotatable bonds is 1. The summed E-state index contributed by atoms with van der Waals surface area (Å²) in [5.74, 6) is 0. The number of hydrogen-bond acceptors (Lipinski definition) is 1. The highest BCUT2D eigenvalue weighted by Gasteiger charge is 2.21. The molecule has 0 radical (unpaired) electrons. The molecule has 1 aromatic heterocycles. The van der Waals surface area contributed by atoms with E-state index in [1.165, 1.54) is 31.4 Å². The van der Waals surface area contributed by atoms with Gasteiger partial charge in [-0.2, -0.15) is 0 Å². The summed E-state index contributed by atoms with van der Waals surface area (Å²) < 4.78 is 2.31. The van der Waals surface area contributed by atoms with Crippen LogP contribution >= 0.6 is 0 Å². The molecule has 0 amide bonds. The zero-order valence-electron chi connectivity index (χ0n) is 9.45. The average molecular weight is 192 g/mol. The van der Waals surface area contributed by atoms with Gasteiger partial charge < -0.3 is 4.57 Å². The molecule has 0 saturated heterocycles. The van der Waals surface area contributed by atoms with E-state index in [1.54, 1.807) is 0 Å². The number of nitrogens with zero attached hydrogens (tertiary/aromatic N) is 2. The van der Waals surface area contributed by atoms with E-state index in [0.717, 1.165) is 6.04 Å². The first-order valence-electron chi connectivity index (χ1n) is 5.61. The zero-order chi connectivity index (χ0) is 10.2. The maximum atomic E-state index is 4.50. The standard InChI is InChI=1S/C12H20N2/c1-12(2,3)11-8-14(9-13-11)10-6-4-5-7-10/h8-10H,4-7H2,1-3H3. The van der Waals surface area contributed by atoms with Gasteiger partial charge in [-0.15, -0.1) is 0 Å². The third-order valence-electron chi connectivity index (χ3n) is 3.12. The van der Waals surface area contributed by atoms with Crippen molar-refractivity contribution in [1.29, 1.82) is 0 Å². The molecule has 1 saturated carbocycles. The largest absolute Gasteiger partial charge is 0.334 e. The molecule has 1 fully saturated rings. The Morgan fingerprint density at radius 2 is 1.93 bits per heavy atom. The second-order valence-corrected chi connectivity index (χ2v) is 5.39. The van der Waals surface area contributed by atoms with E-state index in [0.29, 0.717) is 0 Å². The molecular formula is C12H20N2. The molecule has 14 heavy (non-hydrogen) atoms. The van der Waals surface area contributed by atoms with Crippen LogP contribution in [0.3, 0.4) is 0 Å². The molecule has 0 atom stereocenters. The van der Waals surface area contributed by atoms with Crippen molar-refractivity contribution in [1.82, 2.24) is 9.55 Å². The number of aromatic nitrogens is 2. The smallest absolute Gasteiger partial charge is 0.0952 e. The van der Waals surface area contributed by atoms with Gasteiger partial charge in [0, 0.05) is 17.7 Å². The lowest BCUT2D eigenvalue weighted by Gasteiger charge is -2.15. The van der Waals surface area contributed by atoms with E-state index < -0.39 is 0 Å². The van der Waals surface area contributed by atoms with Gasteiger partial charge in [-0.05, 0) is 12.8 Å². The van der Waals surface area contributed by atoms with Crippen molar-refractivity contribution < 1.29 is 0 Å². The maximum Gasteiger partial charge on any atom is 0.0952 e. The van der Waals surface area contributed by atoms with Crippen LogP contribution in [0.25, 0.3) is 0 Å². The first kappa shape index (κ1) is 9.75. The fourth-order valence-electron chi connectivity index (χ4n) is 2.13. The second-order valence-electron chi connectivity index (χ2n) is 5.39. The highest BCUT2D eigenvalue weighted by Crippen LogP contribution is 2.30. The summed E-state index contributed by atoms with van der Waals surface area (Å²) in [4.78, 5) is 4.50. The molecule has 2 rings (SSSR count). The minimum absolute atomic E-state index is 0.184. The summed E-state index contributed by atoms with van der Waals surface area (Å²) in [7, 11) is 0. The molecular weight excluding hydrogens is 172 g/mol. The summed E-state index contributed by atoms with van der Waals surface area (Å²) in [6.07, 6.45) is 9.67. The van der Waals surface area contributed by atoms with E-state index in [9.17, 15) is 0 Å². The van der Waals surface area contributed by atoms with E-state index in [-0.39, 0.29) is 5.41 Å². The van der Waals surface area contributed by atoms with Gasteiger partial charge in [0.05, 0.1) is 12.0 Å². The Morgan fingerprint density at radius 3 is 2.43 bits per heavy atom. The minimum atomic E-state index is 0.184. The Bertz CT molecular complexity index is 300. The van der Waals surface area contributed by atoms with Gasteiger partial charge in [-0.1, -0.05) is 33.6 Å². The first-order valence-corrected chi connectivity index (χ1v) is 5.61. The third-order valence-corrected chi connectivity index (χ3v) is 3.12. The minimum Gasteiger partial charge on any atom is -0.334 e. The molecule has 0 spiro atoms. The van der Waals surface area contributed by atoms with Crippen molar-refractivity contribution >= 4 is 0 Å². The predicted molar refractivity (Wildman–Crippen MR) is 58.4 cm³/mol. The van der Waals surface area contributed by atoms with Gasteiger partial charge in [-0.25, -0.2) is 4.98 Å². The molecule has 1 aromatic rings. The van der Waals surface area contributed by atoms with Gasteiger partial charge in [-0.3, -0.25) is 0 Å². The van der Waals surface area contributed by atoms with E-state index in [2.05, 4.69) is 36.5 Å². The van der Waals surface area contributed by atoms with E-state index in [1.807, 2.05) is 6.33 Å². The Labute approximate surface area is 86.3 Å². The Hall–Kier alpha value is -0.790. The monoisotopic (exact) mass is 192 g/mol. The fourth-order valence-corrected chi connectivity index (χ4v) is 2.13. The van der Waals surface area contributed by atoms with Crippen molar-refractivity contribution in [2.75, 3.05) is 0 Å². The molecule has 0 N–H and O–H groups in total. The van der Waals surface area contributed by atoms with Crippen molar-refractivity contribution in [2.24, 2.45) is 0 Å². The van der Waals surface area contributed by atoms with Gasteiger partial charge >= 0.3 is 0 Å². The quantitative estimate of drug-likeness (QED) is 0.667. The summed E-state index contributed by atoms with van der Waals surface area (Å²) in [6, 6.07) is 0.721. The molecule has 2 nitrogen and oxygen atoms in total. The molecule has 2 heteroatoms. The number of imidazole rings is 1. The van der Waals surface area contributed by atoms with Crippen LogP contribution in [-0.4, -0.2) is 9.55 Å². The fraction of sp³-hybridized carbons (Fsp3) is 0.750. The summed E-state index contributed by atoms with van der Waals surface area (Å²) >= 11 is 0. The van der Waals surface area contributed by atoms with Crippen LogP contribution in [0.2, 0.25) is 0 Å². The summed E-state index contributed by atoms with van der Waals surface area (Å²) in [6.45, 7) is 6.65. The highest BCUT2D eigenvalue weighted by atomic mass is 15.1. The molecule has 1 aliphatic rings. The van der Waals surface area contributed by atoms with E-state index in [4.69, 9.17) is 0 Å². The molecule has 0 unspecified atom stereocenters. The first-order chi connectivity index (χ1) is 6.57. The third kappa shape index (κ3) is 1.84. The predicted octanol–water partition coefficient (Wildman–Crippen LogP) is 3.30. The van der Waals surface area contributed by atoms with Crippen LogP contribution in [0.4, 0.5) is 0 Å². The highest BCUT2D eigenvalue weighted by molar-refractivity contribution is 5.09. The van der Waals surface area contributed by atoms with Crippen LogP contribution < -0.4 is 0 Å². The van der Waals surface area contributed by atoms with Crippen molar-refractivity contribution in [3.63, 3.8) is 0 Å². The van der Waals surface area contributed by atoms with Crippen LogP contribution in [0.1, 0.15) is 58.2 Å². The van der Waals surface area contributed by atoms with Crippen LogP contribution in [0, 0.1) is 0 Å². The normalized spacial score (nSPS) is 19.1. The Kier molecular flexibility index (Phi) is 2.38. The molecule has 1 aliphatic carbocycles. The second kappa shape index (κ2) is 3.41. The molecule has 0 bridgehead atoms. The van der Waals surface area contributed by atoms with Gasteiger partial charge in [0.15, 0.2) is 0 Å². The SMILES string of the molecule is CC(C)(C)c1cn(C2CCCC2)cn1. The van der Waals surface area contributed by atoms with Crippen molar-refractivity contribution in [2.45, 2.75) is 57.9 Å². The molecule has 1 heterocycles. The lowest BCUT2D eigenvalue weighted by atomic mass is 9.93. The van der Waals surface area contributed by atoms with Crippen LogP contribution in [-0.2, 0) is 5.41 Å². The summed E-state index contributed by atoms with van der Waals surface area (Å²) in [5.41, 5.74) is 1.40. The topological polar surface area (TPSA) is 17.8 Å². The Morgan fingerprint density at radius 1 is 1.29 bits per heavy atom. The zero-order valence-corrected chi connectivity index (χ0v) is 9.45. The van der Waals surface area contributed by atoms with Crippen LogP contribution in [0.15, 0.2) is 12.5 Å². The van der Waals surface area contributed by atoms with Crippen LogP contribution in [0.5, 0.6) is 0 Å². The number of hydrogen-bond donors (Lipinski definition) is 0. The van der Waals surface area contributed by atoms with Crippen molar-refractivity contribution in [3.8, 4) is 0 Å². The molecule has 0 aromatic carbocycles. The van der Waals surface area contributed by atoms with Gasteiger partial charge in [0.1, 0.15) is 0 Å². The Balaban J connectivity index is 2.17. The summed E-state index contributed by atoms with van der Waals surface area (Å²) in [5, 5.41) is 0. The lowest BCUT2D eigenvalue weighted by Crippen LogP contribution is -2.11.